The number of methoxy groups -OCH3 is 2. The van der Waals surface area contributed by atoms with Crippen LogP contribution in [0.3, 0.4) is 0 Å². The first kappa shape index (κ1) is 21.0. The van der Waals surface area contributed by atoms with Crippen molar-refractivity contribution < 1.29 is 28.6 Å². The third-order valence-corrected chi connectivity index (χ3v) is 3.94. The Morgan fingerprint density at radius 3 is 2.25 bits per heavy atom. The molecule has 148 valence electrons. The summed E-state index contributed by atoms with van der Waals surface area (Å²) >= 11 is 6.06. The van der Waals surface area contributed by atoms with Gasteiger partial charge in [-0.3, -0.25) is 20.4 Å². The molecule has 2 N–H and O–H groups in total. The van der Waals surface area contributed by atoms with Crippen LogP contribution in [0.15, 0.2) is 42.5 Å². The van der Waals surface area contributed by atoms with Gasteiger partial charge in [-0.05, 0) is 31.2 Å². The molecule has 0 heterocycles. The first-order valence-electron chi connectivity index (χ1n) is 8.15. The molecule has 28 heavy (non-hydrogen) atoms. The summed E-state index contributed by atoms with van der Waals surface area (Å²) in [7, 11) is 2.81. The van der Waals surface area contributed by atoms with E-state index in [1.165, 1.54) is 33.3 Å². The van der Waals surface area contributed by atoms with Crippen LogP contribution in [0, 0.1) is 0 Å². The van der Waals surface area contributed by atoms with Crippen LogP contribution >= 0.6 is 11.6 Å². The number of carbonyl (C=O) groups is 3. The number of hydrogen-bond donors (Lipinski definition) is 2. The van der Waals surface area contributed by atoms with E-state index in [4.69, 9.17) is 25.8 Å². The Balaban J connectivity index is 1.97. The highest BCUT2D eigenvalue weighted by Gasteiger charge is 2.22. The number of hydrogen-bond acceptors (Lipinski definition) is 6. The van der Waals surface area contributed by atoms with Gasteiger partial charge in [-0.2, -0.15) is 0 Å². The second-order valence-corrected chi connectivity index (χ2v) is 5.96. The molecule has 0 spiro atoms. The monoisotopic (exact) mass is 406 g/mol. The molecule has 0 aliphatic heterocycles. The summed E-state index contributed by atoms with van der Waals surface area (Å²) in [6.07, 6.45) is -1.17. The number of halogens is 1. The van der Waals surface area contributed by atoms with E-state index < -0.39 is 23.9 Å². The van der Waals surface area contributed by atoms with Gasteiger partial charge < -0.3 is 14.2 Å². The lowest BCUT2D eigenvalue weighted by Gasteiger charge is -2.15. The maximum atomic E-state index is 12.3. The maximum Gasteiger partial charge on any atom is 0.339 e. The van der Waals surface area contributed by atoms with Gasteiger partial charge in [0.05, 0.1) is 24.8 Å². The molecule has 2 amide bonds. The minimum atomic E-state index is -1.17. The molecule has 0 saturated heterocycles. The van der Waals surface area contributed by atoms with Crippen LogP contribution < -0.4 is 20.3 Å². The van der Waals surface area contributed by atoms with E-state index in [0.29, 0.717) is 5.56 Å². The third kappa shape index (κ3) is 5.14. The number of ether oxygens (including phenoxy) is 3. The second-order valence-electron chi connectivity index (χ2n) is 5.55. The predicted octanol–water partition coefficient (Wildman–Crippen LogP) is 2.36. The Bertz CT molecular complexity index is 872. The molecule has 0 aliphatic carbocycles. The van der Waals surface area contributed by atoms with Crippen molar-refractivity contribution in [1.29, 1.82) is 0 Å². The van der Waals surface area contributed by atoms with Crippen LogP contribution in [0.4, 0.5) is 0 Å². The van der Waals surface area contributed by atoms with E-state index >= 15 is 0 Å². The molecule has 1 atom stereocenters. The molecule has 2 rings (SSSR count). The van der Waals surface area contributed by atoms with Crippen LogP contribution in [0.2, 0.25) is 5.02 Å². The zero-order chi connectivity index (χ0) is 20.7. The first-order valence-corrected chi connectivity index (χ1v) is 8.53. The zero-order valence-corrected chi connectivity index (χ0v) is 16.2. The lowest BCUT2D eigenvalue weighted by molar-refractivity contribution is -0.129. The van der Waals surface area contributed by atoms with E-state index in [1.54, 1.807) is 30.3 Å². The molecule has 0 fully saturated rings. The lowest BCUT2D eigenvalue weighted by Crippen LogP contribution is -2.46. The highest BCUT2D eigenvalue weighted by molar-refractivity contribution is 6.32. The fourth-order valence-corrected chi connectivity index (χ4v) is 2.49. The van der Waals surface area contributed by atoms with E-state index in [2.05, 4.69) is 10.9 Å². The summed E-state index contributed by atoms with van der Waals surface area (Å²) in [6, 6.07) is 11.0. The van der Waals surface area contributed by atoms with Gasteiger partial charge in [-0.15, -0.1) is 0 Å². The molecule has 2 aromatic carbocycles. The van der Waals surface area contributed by atoms with Gasteiger partial charge in [0.25, 0.3) is 11.8 Å². The fourth-order valence-electron chi connectivity index (χ4n) is 2.20. The molecule has 0 aliphatic rings. The fraction of sp³-hybridized carbons (Fsp3) is 0.211. The van der Waals surface area contributed by atoms with Gasteiger partial charge in [0.2, 0.25) is 0 Å². The highest BCUT2D eigenvalue weighted by atomic mass is 35.5. The van der Waals surface area contributed by atoms with Crippen molar-refractivity contribution >= 4 is 29.4 Å². The number of benzene rings is 2. The second kappa shape index (κ2) is 9.61. The Kier molecular flexibility index (Phi) is 7.22. The van der Waals surface area contributed by atoms with E-state index in [1.807, 2.05) is 0 Å². The SMILES string of the molecule is COc1cc(C(=O)O[C@@H](C)C(=O)NNC(=O)c2ccccc2)cc(Cl)c1OC. The van der Waals surface area contributed by atoms with Crippen molar-refractivity contribution in [3.05, 3.63) is 58.6 Å². The normalized spacial score (nSPS) is 11.1. The van der Waals surface area contributed by atoms with Gasteiger partial charge in [0.1, 0.15) is 0 Å². The van der Waals surface area contributed by atoms with E-state index in [-0.39, 0.29) is 22.1 Å². The highest BCUT2D eigenvalue weighted by Crippen LogP contribution is 2.36. The Morgan fingerprint density at radius 2 is 1.64 bits per heavy atom. The number of carbonyl (C=O) groups excluding carboxylic acids is 3. The van der Waals surface area contributed by atoms with Crippen LogP contribution in [-0.2, 0) is 9.53 Å². The summed E-state index contributed by atoms with van der Waals surface area (Å²) in [4.78, 5) is 36.3. The summed E-state index contributed by atoms with van der Waals surface area (Å²) < 4.78 is 15.3. The Labute approximate surface area is 166 Å². The number of hydrazine groups is 1. The first-order chi connectivity index (χ1) is 13.4. The minimum absolute atomic E-state index is 0.0793. The molecule has 0 radical (unpaired) electrons. The standard InChI is InChI=1S/C19H19ClN2O6/c1-11(17(23)21-22-18(24)12-7-5-4-6-8-12)28-19(25)13-9-14(20)16(27-3)15(10-13)26-2/h4-11H,1-3H3,(H,21,23)(H,22,24)/t11-/m0/s1. The summed E-state index contributed by atoms with van der Waals surface area (Å²) in [6.45, 7) is 1.37. The van der Waals surface area contributed by atoms with E-state index in [9.17, 15) is 14.4 Å². The Hall–Kier alpha value is -3.26. The number of esters is 1. The molecule has 0 saturated carbocycles. The van der Waals surface area contributed by atoms with Crippen molar-refractivity contribution in [2.45, 2.75) is 13.0 Å². The lowest BCUT2D eigenvalue weighted by atomic mass is 10.2. The topological polar surface area (TPSA) is 103 Å². The van der Waals surface area contributed by atoms with E-state index in [0.717, 1.165) is 0 Å². The van der Waals surface area contributed by atoms with Crippen molar-refractivity contribution in [3.63, 3.8) is 0 Å². The minimum Gasteiger partial charge on any atom is -0.493 e. The van der Waals surface area contributed by atoms with Crippen molar-refractivity contribution in [2.24, 2.45) is 0 Å². The molecule has 9 heteroatoms. The van der Waals surface area contributed by atoms with Crippen LogP contribution in [0.1, 0.15) is 27.6 Å². The van der Waals surface area contributed by atoms with Gasteiger partial charge in [0, 0.05) is 5.56 Å². The van der Waals surface area contributed by atoms with Crippen molar-refractivity contribution in [3.8, 4) is 11.5 Å². The zero-order valence-electron chi connectivity index (χ0n) is 15.4. The quantitative estimate of drug-likeness (QED) is 0.564. The number of nitrogens with one attached hydrogen (secondary N) is 2. The molecular formula is C19H19ClN2O6. The van der Waals surface area contributed by atoms with Gasteiger partial charge in [0.15, 0.2) is 17.6 Å². The van der Waals surface area contributed by atoms with Crippen LogP contribution in [0.5, 0.6) is 11.5 Å². The summed E-state index contributed by atoms with van der Waals surface area (Å²) in [5, 5.41) is 0.154. The maximum absolute atomic E-state index is 12.3. The summed E-state index contributed by atoms with van der Waals surface area (Å²) in [5.74, 6) is -1.48. The molecular weight excluding hydrogens is 388 g/mol. The molecule has 0 bridgehead atoms. The molecule has 8 nitrogen and oxygen atoms in total. The molecule has 2 aromatic rings. The van der Waals surface area contributed by atoms with Gasteiger partial charge in [-0.1, -0.05) is 29.8 Å². The van der Waals surface area contributed by atoms with Gasteiger partial charge >= 0.3 is 5.97 Å². The summed E-state index contributed by atoms with van der Waals surface area (Å²) in [5.41, 5.74) is 4.90. The molecule has 0 unspecified atom stereocenters. The smallest absolute Gasteiger partial charge is 0.339 e. The van der Waals surface area contributed by atoms with Crippen LogP contribution in [0.25, 0.3) is 0 Å². The average Bonchev–Trinajstić information content (AvgIpc) is 2.71. The third-order valence-electron chi connectivity index (χ3n) is 3.66. The largest absolute Gasteiger partial charge is 0.493 e. The Morgan fingerprint density at radius 1 is 0.964 bits per heavy atom. The number of amides is 2. The van der Waals surface area contributed by atoms with Crippen molar-refractivity contribution in [1.82, 2.24) is 10.9 Å². The van der Waals surface area contributed by atoms with Crippen molar-refractivity contribution in [2.75, 3.05) is 14.2 Å². The predicted molar refractivity (Wildman–Crippen MR) is 101 cm³/mol. The average molecular weight is 407 g/mol. The molecule has 0 aromatic heterocycles. The van der Waals surface area contributed by atoms with Gasteiger partial charge in [-0.25, -0.2) is 4.79 Å². The number of rotatable bonds is 6. The van der Waals surface area contributed by atoms with Crippen LogP contribution in [-0.4, -0.2) is 38.1 Å².